The van der Waals surface area contributed by atoms with Gasteiger partial charge in [-0.3, -0.25) is 0 Å². The van der Waals surface area contributed by atoms with Crippen LogP contribution in [0.3, 0.4) is 0 Å². The largest absolute Gasteiger partial charge is 0.380 e. The highest BCUT2D eigenvalue weighted by molar-refractivity contribution is 5.22. The first-order valence-electron chi connectivity index (χ1n) is 7.70. The molecule has 0 unspecified atom stereocenters. The summed E-state index contributed by atoms with van der Waals surface area (Å²) in [5.41, 5.74) is 4.00. The number of methoxy groups -OCH3 is 1. The number of rotatable bonds is 9. The summed E-state index contributed by atoms with van der Waals surface area (Å²) in [6, 6.07) is 19.3. The van der Waals surface area contributed by atoms with Crippen LogP contribution in [0.2, 0.25) is 0 Å². The first kappa shape index (κ1) is 15.7. The fourth-order valence-corrected chi connectivity index (χ4v) is 2.45. The summed E-state index contributed by atoms with van der Waals surface area (Å²) in [5.74, 6) is 0. The van der Waals surface area contributed by atoms with E-state index >= 15 is 0 Å². The van der Waals surface area contributed by atoms with Crippen molar-refractivity contribution >= 4 is 0 Å². The van der Waals surface area contributed by atoms with Crippen LogP contribution in [-0.4, -0.2) is 13.7 Å². The predicted molar refractivity (Wildman–Crippen MR) is 88.2 cm³/mol. The highest BCUT2D eigenvalue weighted by Crippen LogP contribution is 2.07. The lowest BCUT2D eigenvalue weighted by molar-refractivity contribution is 0.185. The fourth-order valence-electron chi connectivity index (χ4n) is 2.45. The molecule has 1 N–H and O–H groups in total. The van der Waals surface area contributed by atoms with Crippen molar-refractivity contribution in [1.29, 1.82) is 0 Å². The SMILES string of the molecule is COCc1cccc(CNCCCCc2ccccc2)c1. The maximum Gasteiger partial charge on any atom is 0.0713 e. The Morgan fingerprint density at radius 2 is 1.62 bits per heavy atom. The van der Waals surface area contributed by atoms with Crippen LogP contribution >= 0.6 is 0 Å². The molecule has 2 aromatic carbocycles. The molecular weight excluding hydrogens is 258 g/mol. The molecule has 21 heavy (non-hydrogen) atoms. The molecule has 0 amide bonds. The standard InChI is InChI=1S/C19H25NO/c1-21-16-19-12-7-11-18(14-19)15-20-13-6-5-10-17-8-3-2-4-9-17/h2-4,7-9,11-12,14,20H,5-6,10,13,15-16H2,1H3. The minimum atomic E-state index is 0.685. The van der Waals surface area contributed by atoms with Gasteiger partial charge in [0.25, 0.3) is 0 Å². The van der Waals surface area contributed by atoms with Gasteiger partial charge in [0.05, 0.1) is 6.61 Å². The van der Waals surface area contributed by atoms with E-state index in [2.05, 4.69) is 59.9 Å². The quantitative estimate of drug-likeness (QED) is 0.704. The van der Waals surface area contributed by atoms with Gasteiger partial charge in [0, 0.05) is 13.7 Å². The Morgan fingerprint density at radius 1 is 0.857 bits per heavy atom. The molecule has 0 atom stereocenters. The molecule has 0 saturated carbocycles. The van der Waals surface area contributed by atoms with E-state index in [4.69, 9.17) is 4.74 Å². The molecule has 2 nitrogen and oxygen atoms in total. The van der Waals surface area contributed by atoms with Crippen molar-refractivity contribution in [2.24, 2.45) is 0 Å². The number of nitrogens with one attached hydrogen (secondary N) is 1. The van der Waals surface area contributed by atoms with Crippen molar-refractivity contribution in [2.45, 2.75) is 32.4 Å². The van der Waals surface area contributed by atoms with Crippen molar-refractivity contribution < 1.29 is 4.74 Å². The summed E-state index contributed by atoms with van der Waals surface area (Å²) in [7, 11) is 1.73. The highest BCUT2D eigenvalue weighted by atomic mass is 16.5. The zero-order valence-electron chi connectivity index (χ0n) is 12.8. The minimum Gasteiger partial charge on any atom is -0.380 e. The molecule has 112 valence electrons. The molecule has 2 aromatic rings. The highest BCUT2D eigenvalue weighted by Gasteiger charge is 1.96. The van der Waals surface area contributed by atoms with Crippen LogP contribution in [0.1, 0.15) is 29.5 Å². The Morgan fingerprint density at radius 3 is 2.43 bits per heavy atom. The van der Waals surface area contributed by atoms with Gasteiger partial charge in [0.2, 0.25) is 0 Å². The van der Waals surface area contributed by atoms with E-state index in [1.807, 2.05) is 0 Å². The van der Waals surface area contributed by atoms with Crippen LogP contribution in [0.15, 0.2) is 54.6 Å². The number of aryl methyl sites for hydroxylation is 1. The summed E-state index contributed by atoms with van der Waals surface area (Å²) >= 11 is 0. The van der Waals surface area contributed by atoms with Crippen molar-refractivity contribution in [3.63, 3.8) is 0 Å². The van der Waals surface area contributed by atoms with Gasteiger partial charge < -0.3 is 10.1 Å². The zero-order valence-corrected chi connectivity index (χ0v) is 12.8. The average molecular weight is 283 g/mol. The van der Waals surface area contributed by atoms with Gasteiger partial charge in [0.1, 0.15) is 0 Å². The van der Waals surface area contributed by atoms with E-state index in [-0.39, 0.29) is 0 Å². The molecule has 0 bridgehead atoms. The smallest absolute Gasteiger partial charge is 0.0713 e. The van der Waals surface area contributed by atoms with Crippen LogP contribution in [0.25, 0.3) is 0 Å². The van der Waals surface area contributed by atoms with E-state index < -0.39 is 0 Å². The molecule has 0 spiro atoms. The van der Waals surface area contributed by atoms with Gasteiger partial charge in [-0.05, 0) is 42.5 Å². The molecule has 2 rings (SSSR count). The van der Waals surface area contributed by atoms with Crippen LogP contribution in [0, 0.1) is 0 Å². The summed E-state index contributed by atoms with van der Waals surface area (Å²) in [5, 5.41) is 3.52. The number of ether oxygens (including phenoxy) is 1. The van der Waals surface area contributed by atoms with E-state index in [0.717, 1.165) is 13.1 Å². The second-order valence-electron chi connectivity index (χ2n) is 5.37. The average Bonchev–Trinajstić information content (AvgIpc) is 2.52. The van der Waals surface area contributed by atoms with E-state index in [1.165, 1.54) is 36.0 Å². The fraction of sp³-hybridized carbons (Fsp3) is 0.368. The van der Waals surface area contributed by atoms with Gasteiger partial charge in [-0.2, -0.15) is 0 Å². The predicted octanol–water partition coefficient (Wildman–Crippen LogP) is 3.95. The molecule has 0 aliphatic rings. The molecule has 0 saturated heterocycles. The first-order chi connectivity index (χ1) is 10.4. The molecule has 0 fully saturated rings. The maximum absolute atomic E-state index is 5.16. The van der Waals surface area contributed by atoms with Crippen LogP contribution in [0.4, 0.5) is 0 Å². The Balaban J connectivity index is 1.60. The van der Waals surface area contributed by atoms with Crippen molar-refractivity contribution in [1.82, 2.24) is 5.32 Å². The van der Waals surface area contributed by atoms with E-state index in [1.54, 1.807) is 7.11 Å². The Hall–Kier alpha value is -1.64. The summed E-state index contributed by atoms with van der Waals surface area (Å²) < 4.78 is 5.16. The third-order valence-electron chi connectivity index (χ3n) is 3.54. The number of unbranched alkanes of at least 4 members (excludes halogenated alkanes) is 1. The van der Waals surface area contributed by atoms with Crippen molar-refractivity contribution in [3.05, 3.63) is 71.3 Å². The first-order valence-corrected chi connectivity index (χ1v) is 7.70. The molecule has 0 aromatic heterocycles. The van der Waals surface area contributed by atoms with E-state index in [0.29, 0.717) is 6.61 Å². The summed E-state index contributed by atoms with van der Waals surface area (Å²) in [6.45, 7) is 2.69. The molecule has 0 aliphatic heterocycles. The van der Waals surface area contributed by atoms with Crippen LogP contribution in [0.5, 0.6) is 0 Å². The number of hydrogen-bond acceptors (Lipinski definition) is 2. The number of hydrogen-bond donors (Lipinski definition) is 1. The van der Waals surface area contributed by atoms with Gasteiger partial charge in [0.15, 0.2) is 0 Å². The summed E-state index contributed by atoms with van der Waals surface area (Å²) in [6.07, 6.45) is 3.62. The van der Waals surface area contributed by atoms with Gasteiger partial charge in [-0.15, -0.1) is 0 Å². The van der Waals surface area contributed by atoms with Crippen molar-refractivity contribution in [3.8, 4) is 0 Å². The second kappa shape index (κ2) is 9.32. The lowest BCUT2D eigenvalue weighted by Crippen LogP contribution is -2.15. The second-order valence-corrected chi connectivity index (χ2v) is 5.37. The van der Waals surface area contributed by atoms with Gasteiger partial charge in [-0.1, -0.05) is 54.6 Å². The Bertz CT molecular complexity index is 510. The zero-order chi connectivity index (χ0) is 14.8. The number of benzene rings is 2. The minimum absolute atomic E-state index is 0.685. The van der Waals surface area contributed by atoms with Crippen molar-refractivity contribution in [2.75, 3.05) is 13.7 Å². The van der Waals surface area contributed by atoms with Gasteiger partial charge >= 0.3 is 0 Å². The maximum atomic E-state index is 5.16. The molecule has 0 radical (unpaired) electrons. The van der Waals surface area contributed by atoms with E-state index in [9.17, 15) is 0 Å². The molecule has 0 heterocycles. The van der Waals surface area contributed by atoms with Crippen LogP contribution < -0.4 is 5.32 Å². The normalized spacial score (nSPS) is 10.7. The third kappa shape index (κ3) is 6.11. The molecule has 0 aliphatic carbocycles. The third-order valence-corrected chi connectivity index (χ3v) is 3.54. The lowest BCUT2D eigenvalue weighted by atomic mass is 10.1. The lowest BCUT2D eigenvalue weighted by Gasteiger charge is -2.07. The van der Waals surface area contributed by atoms with Crippen LogP contribution in [-0.2, 0) is 24.3 Å². The monoisotopic (exact) mass is 283 g/mol. The summed E-state index contributed by atoms with van der Waals surface area (Å²) in [4.78, 5) is 0. The van der Waals surface area contributed by atoms with Gasteiger partial charge in [-0.25, -0.2) is 0 Å². The molecular formula is C19H25NO. The Labute approximate surface area is 128 Å². The molecule has 2 heteroatoms. The topological polar surface area (TPSA) is 21.3 Å². The Kier molecular flexibility index (Phi) is 6.99.